The fraction of sp³-hybridized carbons (Fsp3) is 0.130. The Morgan fingerprint density at radius 2 is 1.67 bits per heavy atom. The van der Waals surface area contributed by atoms with E-state index in [-0.39, 0.29) is 5.91 Å². The van der Waals surface area contributed by atoms with Crippen LogP contribution in [0, 0.1) is 18.8 Å². The Bertz CT molecular complexity index is 1010. The first-order valence-electron chi connectivity index (χ1n) is 8.75. The maximum atomic E-state index is 11.9. The van der Waals surface area contributed by atoms with Gasteiger partial charge in [0.1, 0.15) is 11.5 Å². The molecule has 1 unspecified atom stereocenters. The van der Waals surface area contributed by atoms with E-state index >= 15 is 0 Å². The van der Waals surface area contributed by atoms with Crippen molar-refractivity contribution in [1.82, 2.24) is 4.98 Å². The standard InChI is InChI=1S/C23H21N3O/c1-16-8-6-7-11-19(16)20-13-15-22(26-23(27)17(2)24)25-21(20)14-12-18-9-4-3-5-10-18/h3-11,13,15,17H,24H2,1-2H3,(H,25,26,27). The van der Waals surface area contributed by atoms with Gasteiger partial charge in [-0.2, -0.15) is 0 Å². The number of aryl methyl sites for hydroxylation is 1. The molecule has 1 atom stereocenters. The number of aromatic nitrogens is 1. The van der Waals surface area contributed by atoms with Gasteiger partial charge >= 0.3 is 0 Å². The number of anilines is 1. The average Bonchev–Trinajstić information content (AvgIpc) is 2.68. The first-order valence-corrected chi connectivity index (χ1v) is 8.75. The number of rotatable bonds is 3. The third-order valence-corrected chi connectivity index (χ3v) is 4.09. The van der Waals surface area contributed by atoms with Crippen molar-refractivity contribution in [3.05, 3.63) is 83.6 Å². The normalized spacial score (nSPS) is 11.2. The summed E-state index contributed by atoms with van der Waals surface area (Å²) in [5.41, 5.74) is 10.3. The Morgan fingerprint density at radius 1 is 0.963 bits per heavy atom. The van der Waals surface area contributed by atoms with Crippen molar-refractivity contribution in [3.8, 4) is 23.0 Å². The molecule has 0 aliphatic heterocycles. The number of nitrogens with zero attached hydrogens (tertiary/aromatic N) is 1. The Labute approximate surface area is 159 Å². The molecule has 0 bridgehead atoms. The highest BCUT2D eigenvalue weighted by molar-refractivity contribution is 5.93. The van der Waals surface area contributed by atoms with Gasteiger partial charge in [0.25, 0.3) is 0 Å². The van der Waals surface area contributed by atoms with Crippen LogP contribution < -0.4 is 11.1 Å². The van der Waals surface area contributed by atoms with E-state index in [0.717, 1.165) is 22.3 Å². The maximum absolute atomic E-state index is 11.9. The lowest BCUT2D eigenvalue weighted by atomic mass is 9.99. The Kier molecular flexibility index (Phi) is 5.65. The minimum atomic E-state index is -0.610. The quantitative estimate of drug-likeness (QED) is 0.703. The number of hydrogen-bond acceptors (Lipinski definition) is 3. The molecule has 0 spiro atoms. The van der Waals surface area contributed by atoms with Gasteiger partial charge in [-0.15, -0.1) is 0 Å². The number of carbonyl (C=O) groups excluding carboxylic acids is 1. The summed E-state index contributed by atoms with van der Waals surface area (Å²) in [6.07, 6.45) is 0. The van der Waals surface area contributed by atoms with Crippen molar-refractivity contribution in [2.24, 2.45) is 5.73 Å². The lowest BCUT2D eigenvalue weighted by molar-refractivity contribution is -0.117. The van der Waals surface area contributed by atoms with Crippen LogP contribution in [0.15, 0.2) is 66.7 Å². The van der Waals surface area contributed by atoms with E-state index < -0.39 is 6.04 Å². The second-order valence-electron chi connectivity index (χ2n) is 6.30. The Hall–Kier alpha value is -3.42. The Morgan fingerprint density at radius 3 is 2.37 bits per heavy atom. The monoisotopic (exact) mass is 355 g/mol. The van der Waals surface area contributed by atoms with Crippen LogP contribution >= 0.6 is 0 Å². The summed E-state index contributed by atoms with van der Waals surface area (Å²) in [5.74, 6) is 6.45. The Balaban J connectivity index is 2.06. The minimum absolute atomic E-state index is 0.284. The van der Waals surface area contributed by atoms with Crippen LogP contribution in [0.25, 0.3) is 11.1 Å². The summed E-state index contributed by atoms with van der Waals surface area (Å²) < 4.78 is 0. The van der Waals surface area contributed by atoms with Crippen molar-refractivity contribution < 1.29 is 4.79 Å². The molecular weight excluding hydrogens is 334 g/mol. The number of carbonyl (C=O) groups is 1. The SMILES string of the molecule is Cc1ccccc1-c1ccc(NC(=O)C(C)N)nc1C#Cc1ccccc1. The van der Waals surface area contributed by atoms with E-state index in [1.807, 2.05) is 54.6 Å². The summed E-state index contributed by atoms with van der Waals surface area (Å²) in [5, 5.41) is 2.73. The molecule has 1 heterocycles. The van der Waals surface area contributed by atoms with Gasteiger partial charge in [-0.05, 0) is 55.2 Å². The second kappa shape index (κ2) is 8.31. The molecule has 3 aromatic rings. The van der Waals surface area contributed by atoms with Gasteiger partial charge < -0.3 is 11.1 Å². The lowest BCUT2D eigenvalue weighted by Crippen LogP contribution is -2.32. The number of amides is 1. The lowest BCUT2D eigenvalue weighted by Gasteiger charge is -2.11. The molecular formula is C23H21N3O. The second-order valence-corrected chi connectivity index (χ2v) is 6.30. The molecule has 1 aromatic heterocycles. The molecule has 0 aliphatic carbocycles. The van der Waals surface area contributed by atoms with E-state index in [2.05, 4.69) is 35.1 Å². The summed E-state index contributed by atoms with van der Waals surface area (Å²) >= 11 is 0. The highest BCUT2D eigenvalue weighted by Gasteiger charge is 2.12. The number of nitrogens with two attached hydrogens (primary N) is 1. The summed E-state index contributed by atoms with van der Waals surface area (Å²) in [4.78, 5) is 16.5. The molecule has 4 nitrogen and oxygen atoms in total. The first-order chi connectivity index (χ1) is 13.0. The zero-order chi connectivity index (χ0) is 19.2. The van der Waals surface area contributed by atoms with Crippen LogP contribution in [0.2, 0.25) is 0 Å². The number of pyridine rings is 1. The molecule has 27 heavy (non-hydrogen) atoms. The summed E-state index contributed by atoms with van der Waals surface area (Å²) in [7, 11) is 0. The van der Waals surface area contributed by atoms with Gasteiger partial charge in [0.05, 0.1) is 6.04 Å². The highest BCUT2D eigenvalue weighted by atomic mass is 16.2. The number of benzene rings is 2. The highest BCUT2D eigenvalue weighted by Crippen LogP contribution is 2.26. The molecule has 0 saturated carbocycles. The van der Waals surface area contributed by atoms with Crippen LogP contribution in [-0.4, -0.2) is 16.9 Å². The predicted molar refractivity (Wildman–Crippen MR) is 109 cm³/mol. The van der Waals surface area contributed by atoms with Crippen molar-refractivity contribution in [2.75, 3.05) is 5.32 Å². The fourth-order valence-electron chi connectivity index (χ4n) is 2.61. The van der Waals surface area contributed by atoms with Gasteiger partial charge in [0.15, 0.2) is 0 Å². The van der Waals surface area contributed by atoms with Crippen LogP contribution in [0.5, 0.6) is 0 Å². The fourth-order valence-corrected chi connectivity index (χ4v) is 2.61. The molecule has 1 amide bonds. The van der Waals surface area contributed by atoms with Crippen LogP contribution in [0.1, 0.15) is 23.7 Å². The topological polar surface area (TPSA) is 68.0 Å². The average molecular weight is 355 g/mol. The molecule has 4 heteroatoms. The molecule has 0 saturated heterocycles. The van der Waals surface area contributed by atoms with Crippen molar-refractivity contribution in [3.63, 3.8) is 0 Å². The molecule has 0 radical (unpaired) electrons. The van der Waals surface area contributed by atoms with Gasteiger partial charge in [0, 0.05) is 11.1 Å². The third kappa shape index (κ3) is 4.60. The van der Waals surface area contributed by atoms with Crippen molar-refractivity contribution in [2.45, 2.75) is 19.9 Å². The van der Waals surface area contributed by atoms with Gasteiger partial charge in [0.2, 0.25) is 5.91 Å². The molecule has 0 aliphatic rings. The zero-order valence-corrected chi connectivity index (χ0v) is 15.4. The molecule has 0 fully saturated rings. The van der Waals surface area contributed by atoms with Crippen LogP contribution in [0.3, 0.4) is 0 Å². The molecule has 3 N–H and O–H groups in total. The minimum Gasteiger partial charge on any atom is -0.320 e. The molecule has 3 rings (SSSR count). The van der Waals surface area contributed by atoms with E-state index in [9.17, 15) is 4.79 Å². The van der Waals surface area contributed by atoms with Crippen LogP contribution in [-0.2, 0) is 4.79 Å². The van der Waals surface area contributed by atoms with E-state index in [4.69, 9.17) is 5.73 Å². The third-order valence-electron chi connectivity index (χ3n) is 4.09. The van der Waals surface area contributed by atoms with E-state index in [1.165, 1.54) is 0 Å². The van der Waals surface area contributed by atoms with Gasteiger partial charge in [-0.25, -0.2) is 4.98 Å². The molecule has 134 valence electrons. The van der Waals surface area contributed by atoms with Crippen molar-refractivity contribution in [1.29, 1.82) is 0 Å². The number of hydrogen-bond donors (Lipinski definition) is 2. The number of nitrogens with one attached hydrogen (secondary N) is 1. The van der Waals surface area contributed by atoms with Crippen LogP contribution in [0.4, 0.5) is 5.82 Å². The first kappa shape index (κ1) is 18.4. The van der Waals surface area contributed by atoms with Gasteiger partial charge in [-0.1, -0.05) is 48.4 Å². The zero-order valence-electron chi connectivity index (χ0n) is 15.4. The van der Waals surface area contributed by atoms with E-state index in [0.29, 0.717) is 11.5 Å². The maximum Gasteiger partial charge on any atom is 0.242 e. The van der Waals surface area contributed by atoms with E-state index in [1.54, 1.807) is 13.0 Å². The van der Waals surface area contributed by atoms with Gasteiger partial charge in [-0.3, -0.25) is 4.79 Å². The predicted octanol–water partition coefficient (Wildman–Crippen LogP) is 3.74. The molecule has 2 aromatic carbocycles. The largest absolute Gasteiger partial charge is 0.320 e. The summed E-state index contributed by atoms with van der Waals surface area (Å²) in [6, 6.07) is 20.9. The summed E-state index contributed by atoms with van der Waals surface area (Å²) in [6.45, 7) is 3.68. The van der Waals surface area contributed by atoms with Crippen molar-refractivity contribution >= 4 is 11.7 Å². The smallest absolute Gasteiger partial charge is 0.242 e.